The van der Waals surface area contributed by atoms with Crippen molar-refractivity contribution < 1.29 is 9.59 Å². The van der Waals surface area contributed by atoms with Crippen LogP contribution in [0, 0.1) is 11.8 Å². The molecule has 0 radical (unpaired) electrons. The zero-order valence-corrected chi connectivity index (χ0v) is 5.52. The van der Waals surface area contributed by atoms with Gasteiger partial charge < -0.3 is 0 Å². The molecule has 0 saturated carbocycles. The average Bonchev–Trinajstić information content (AvgIpc) is 1.63. The van der Waals surface area contributed by atoms with Gasteiger partial charge in [0.2, 0.25) is 5.78 Å². The molecular formula is C7H8O2. The number of hydrogen-bond donors (Lipinski definition) is 0. The Bertz CT molecular complexity index is 181. The molecule has 0 spiro atoms. The summed E-state index contributed by atoms with van der Waals surface area (Å²) in [5.74, 6) is 4.49. The Morgan fingerprint density at radius 1 is 1.33 bits per heavy atom. The summed E-state index contributed by atoms with van der Waals surface area (Å²) in [6.07, 6.45) is 0.180. The molecule has 0 aliphatic carbocycles. The maximum atomic E-state index is 10.2. The lowest BCUT2D eigenvalue weighted by Crippen LogP contribution is -1.86. The number of hydrogen-bond acceptors (Lipinski definition) is 2. The molecule has 0 amide bonds. The van der Waals surface area contributed by atoms with Gasteiger partial charge in [-0.3, -0.25) is 9.59 Å². The Balaban J connectivity index is 3.63. The highest BCUT2D eigenvalue weighted by Crippen LogP contribution is 1.75. The van der Waals surface area contributed by atoms with Gasteiger partial charge in [-0.25, -0.2) is 0 Å². The zero-order chi connectivity index (χ0) is 7.28. The molecule has 0 aromatic heterocycles. The monoisotopic (exact) mass is 124 g/mol. The van der Waals surface area contributed by atoms with Gasteiger partial charge in [-0.15, -0.1) is 0 Å². The molecule has 2 heteroatoms. The Morgan fingerprint density at radius 2 is 1.89 bits per heavy atom. The molecule has 0 rings (SSSR count). The molecule has 0 saturated heterocycles. The summed E-state index contributed by atoms with van der Waals surface area (Å²) in [6, 6.07) is 0. The highest BCUT2D eigenvalue weighted by Gasteiger charge is 1.84. The molecule has 0 fully saturated rings. The van der Waals surface area contributed by atoms with Gasteiger partial charge in [-0.05, 0) is 12.8 Å². The number of carbonyl (C=O) groups is 2. The smallest absolute Gasteiger partial charge is 0.202 e. The van der Waals surface area contributed by atoms with Crippen molar-refractivity contribution >= 4 is 11.6 Å². The predicted octanol–water partition coefficient (Wildman–Crippen LogP) is 0.558. The van der Waals surface area contributed by atoms with Gasteiger partial charge in [0.05, 0.1) is 6.42 Å². The van der Waals surface area contributed by atoms with Crippen LogP contribution in [0.1, 0.15) is 20.3 Å². The molecule has 0 bridgehead atoms. The third-order valence-electron chi connectivity index (χ3n) is 0.602. The highest BCUT2D eigenvalue weighted by molar-refractivity contribution is 5.94. The van der Waals surface area contributed by atoms with Crippen LogP contribution < -0.4 is 0 Å². The molecule has 0 unspecified atom stereocenters. The van der Waals surface area contributed by atoms with E-state index in [-0.39, 0.29) is 18.0 Å². The lowest BCUT2D eigenvalue weighted by Gasteiger charge is -1.75. The summed E-state index contributed by atoms with van der Waals surface area (Å²) in [4.78, 5) is 20.4. The van der Waals surface area contributed by atoms with Crippen molar-refractivity contribution in [1.82, 2.24) is 0 Å². The summed E-state index contributed by atoms with van der Waals surface area (Å²) in [6.45, 7) is 2.81. The van der Waals surface area contributed by atoms with E-state index in [9.17, 15) is 9.59 Å². The standard InChI is InChI=1S/C7H8O2/c1-6(8)4-3-5-7(2)9/h4H2,1-2H3. The molecule has 0 N–H and O–H groups in total. The molecule has 9 heavy (non-hydrogen) atoms. The van der Waals surface area contributed by atoms with Crippen LogP contribution >= 0.6 is 0 Å². The Kier molecular flexibility index (Phi) is 3.38. The maximum Gasteiger partial charge on any atom is 0.202 e. The second-order valence-electron chi connectivity index (χ2n) is 1.74. The molecule has 0 aromatic carbocycles. The number of rotatable bonds is 1. The van der Waals surface area contributed by atoms with Crippen LogP contribution in [0.25, 0.3) is 0 Å². The van der Waals surface area contributed by atoms with E-state index in [1.807, 2.05) is 0 Å². The van der Waals surface area contributed by atoms with Crippen molar-refractivity contribution in [1.29, 1.82) is 0 Å². The maximum absolute atomic E-state index is 10.2. The number of Topliss-reactive ketones (excluding diaryl/α,β-unsaturated/α-hetero) is 2. The van der Waals surface area contributed by atoms with Gasteiger partial charge in [0.25, 0.3) is 0 Å². The fourth-order valence-electron chi connectivity index (χ4n) is 0.293. The lowest BCUT2D eigenvalue weighted by atomic mass is 10.3. The van der Waals surface area contributed by atoms with E-state index >= 15 is 0 Å². The summed E-state index contributed by atoms with van der Waals surface area (Å²) in [5, 5.41) is 0. The minimum atomic E-state index is -0.198. The fourth-order valence-corrected chi connectivity index (χ4v) is 0.293. The SMILES string of the molecule is CC(=O)C#CCC(C)=O. The Hall–Kier alpha value is -1.10. The van der Waals surface area contributed by atoms with Crippen molar-refractivity contribution in [2.24, 2.45) is 0 Å². The number of ketones is 2. The minimum Gasteiger partial charge on any atom is -0.299 e. The molecule has 0 aliphatic heterocycles. The van der Waals surface area contributed by atoms with Gasteiger partial charge in [0.15, 0.2) is 0 Å². The quantitative estimate of drug-likeness (QED) is 0.378. The summed E-state index contributed by atoms with van der Waals surface area (Å²) in [5.41, 5.74) is 0. The molecule has 0 aliphatic rings. The minimum absolute atomic E-state index is 0.0104. The van der Waals surface area contributed by atoms with Crippen LogP contribution in [0.4, 0.5) is 0 Å². The summed E-state index contributed by atoms with van der Waals surface area (Å²) in [7, 11) is 0. The van der Waals surface area contributed by atoms with E-state index in [4.69, 9.17) is 0 Å². The van der Waals surface area contributed by atoms with Crippen LogP contribution in [-0.4, -0.2) is 11.6 Å². The van der Waals surface area contributed by atoms with Crippen molar-refractivity contribution in [2.75, 3.05) is 0 Å². The molecule has 0 aromatic rings. The van der Waals surface area contributed by atoms with E-state index < -0.39 is 0 Å². The van der Waals surface area contributed by atoms with Crippen molar-refractivity contribution in [3.05, 3.63) is 0 Å². The van der Waals surface area contributed by atoms with Gasteiger partial charge in [0.1, 0.15) is 5.78 Å². The van der Waals surface area contributed by atoms with Crippen LogP contribution in [0.2, 0.25) is 0 Å². The first-order valence-corrected chi connectivity index (χ1v) is 2.62. The van der Waals surface area contributed by atoms with Gasteiger partial charge in [0, 0.05) is 6.92 Å². The topological polar surface area (TPSA) is 34.1 Å². The molecule has 0 atom stereocenters. The first kappa shape index (κ1) is 7.90. The average molecular weight is 124 g/mol. The molecule has 48 valence electrons. The van der Waals surface area contributed by atoms with E-state index in [1.54, 1.807) is 0 Å². The predicted molar refractivity (Wildman–Crippen MR) is 33.8 cm³/mol. The van der Waals surface area contributed by atoms with Crippen LogP contribution in [0.3, 0.4) is 0 Å². The van der Waals surface area contributed by atoms with Crippen molar-refractivity contribution in [3.63, 3.8) is 0 Å². The van der Waals surface area contributed by atoms with E-state index in [0.717, 1.165) is 0 Å². The first-order chi connectivity index (χ1) is 4.13. The van der Waals surface area contributed by atoms with Gasteiger partial charge >= 0.3 is 0 Å². The van der Waals surface area contributed by atoms with E-state index in [1.165, 1.54) is 13.8 Å². The molecule has 2 nitrogen and oxygen atoms in total. The largest absolute Gasteiger partial charge is 0.299 e. The fraction of sp³-hybridized carbons (Fsp3) is 0.429. The van der Waals surface area contributed by atoms with E-state index in [0.29, 0.717) is 0 Å². The summed E-state index contributed by atoms with van der Waals surface area (Å²) >= 11 is 0. The second kappa shape index (κ2) is 3.85. The van der Waals surface area contributed by atoms with Crippen molar-refractivity contribution in [3.8, 4) is 11.8 Å². The van der Waals surface area contributed by atoms with Gasteiger partial charge in [-0.1, -0.05) is 5.92 Å². The van der Waals surface area contributed by atoms with Crippen LogP contribution in [0.5, 0.6) is 0 Å². The van der Waals surface area contributed by atoms with E-state index in [2.05, 4.69) is 11.8 Å². The normalized spacial score (nSPS) is 7.33. The number of carbonyl (C=O) groups excluding carboxylic acids is 2. The highest BCUT2D eigenvalue weighted by atomic mass is 16.1. The first-order valence-electron chi connectivity index (χ1n) is 2.62. The second-order valence-corrected chi connectivity index (χ2v) is 1.74. The lowest BCUT2D eigenvalue weighted by molar-refractivity contribution is -0.116. The van der Waals surface area contributed by atoms with Crippen LogP contribution in [-0.2, 0) is 9.59 Å². The van der Waals surface area contributed by atoms with Crippen LogP contribution in [0.15, 0.2) is 0 Å². The zero-order valence-electron chi connectivity index (χ0n) is 5.52. The summed E-state index contributed by atoms with van der Waals surface area (Å²) < 4.78 is 0. The third-order valence-corrected chi connectivity index (χ3v) is 0.602. The molecule has 0 heterocycles. The van der Waals surface area contributed by atoms with Gasteiger partial charge in [-0.2, -0.15) is 0 Å². The third kappa shape index (κ3) is 6.90. The Morgan fingerprint density at radius 3 is 2.22 bits per heavy atom. The Labute approximate surface area is 54.3 Å². The van der Waals surface area contributed by atoms with Crippen molar-refractivity contribution in [2.45, 2.75) is 20.3 Å². The molecular weight excluding hydrogens is 116 g/mol.